The summed E-state index contributed by atoms with van der Waals surface area (Å²) in [5.74, 6) is 0.762. The Balaban J connectivity index is 1.15. The Morgan fingerprint density at radius 3 is 3.06 bits per heavy atom. The zero-order valence-corrected chi connectivity index (χ0v) is 17.6. The summed E-state index contributed by atoms with van der Waals surface area (Å²) in [6.45, 7) is 0.888. The monoisotopic (exact) mass is 420 g/mol. The van der Waals surface area contributed by atoms with Crippen molar-refractivity contribution in [2.24, 2.45) is 0 Å². The second kappa shape index (κ2) is 8.67. The molecule has 0 bridgehead atoms. The van der Waals surface area contributed by atoms with Crippen molar-refractivity contribution >= 4 is 16.8 Å². The zero-order valence-electron chi connectivity index (χ0n) is 17.6. The fourth-order valence-electron chi connectivity index (χ4n) is 4.71. The Hall–Kier alpha value is -2.93. The highest BCUT2D eigenvalue weighted by atomic mass is 16.5. The van der Waals surface area contributed by atoms with Crippen molar-refractivity contribution in [3.63, 3.8) is 0 Å². The fourth-order valence-corrected chi connectivity index (χ4v) is 4.71. The van der Waals surface area contributed by atoms with E-state index in [1.807, 2.05) is 30.3 Å². The maximum Gasteiger partial charge on any atom is 0.223 e. The topological polar surface area (TPSA) is 91.3 Å². The molecule has 7 heteroatoms. The summed E-state index contributed by atoms with van der Waals surface area (Å²) in [4.78, 5) is 18.9. The predicted molar refractivity (Wildman–Crippen MR) is 117 cm³/mol. The maximum absolute atomic E-state index is 12.7. The van der Waals surface area contributed by atoms with Crippen LogP contribution in [-0.2, 0) is 24.1 Å². The molecule has 0 spiro atoms. The van der Waals surface area contributed by atoms with Gasteiger partial charge in [-0.15, -0.1) is 0 Å². The van der Waals surface area contributed by atoms with E-state index in [1.54, 1.807) is 11.1 Å². The number of aromatic nitrogens is 3. The molecule has 1 fully saturated rings. The normalized spacial score (nSPS) is 21.1. The lowest BCUT2D eigenvalue weighted by molar-refractivity contribution is -0.137. The van der Waals surface area contributed by atoms with E-state index in [0.29, 0.717) is 38.1 Å². The highest BCUT2D eigenvalue weighted by molar-refractivity contribution is 5.79. The van der Waals surface area contributed by atoms with Crippen LogP contribution in [0.15, 0.2) is 36.5 Å². The minimum absolute atomic E-state index is 0.0694. The van der Waals surface area contributed by atoms with Gasteiger partial charge >= 0.3 is 0 Å². The molecule has 3 aromatic rings. The molecule has 2 atom stereocenters. The van der Waals surface area contributed by atoms with Gasteiger partial charge in [0.25, 0.3) is 0 Å². The summed E-state index contributed by atoms with van der Waals surface area (Å²) >= 11 is 0. The number of likely N-dealkylation sites (tertiary alicyclic amines) is 1. The van der Waals surface area contributed by atoms with E-state index < -0.39 is 6.10 Å². The van der Waals surface area contributed by atoms with Crippen molar-refractivity contribution in [2.75, 3.05) is 13.1 Å². The highest BCUT2D eigenvalue weighted by Gasteiger charge is 2.31. The van der Waals surface area contributed by atoms with Crippen molar-refractivity contribution in [1.29, 1.82) is 0 Å². The molecule has 3 heterocycles. The molecule has 2 N–H and O–H groups in total. The number of aliphatic hydroxyl groups is 1. The number of nitrogens with zero attached hydrogens (tertiary/aromatic N) is 3. The van der Waals surface area contributed by atoms with Gasteiger partial charge in [0.05, 0.1) is 17.8 Å². The van der Waals surface area contributed by atoms with E-state index in [0.717, 1.165) is 29.4 Å². The molecule has 0 unspecified atom stereocenters. The predicted octanol–water partition coefficient (Wildman–Crippen LogP) is 2.81. The third kappa shape index (κ3) is 4.28. The first-order valence-corrected chi connectivity index (χ1v) is 11.2. The van der Waals surface area contributed by atoms with Crippen LogP contribution in [0.5, 0.6) is 5.75 Å². The summed E-state index contributed by atoms with van der Waals surface area (Å²) in [7, 11) is 0. The Bertz CT molecular complexity index is 1080. The molecule has 2 aliphatic rings. The number of rotatable bonds is 5. The van der Waals surface area contributed by atoms with E-state index in [2.05, 4.69) is 15.2 Å². The number of H-pyrrole nitrogens is 1. The molecule has 1 amide bonds. The molecule has 7 nitrogen and oxygen atoms in total. The molecule has 0 radical (unpaired) electrons. The number of ether oxygens (including phenoxy) is 1. The number of amides is 1. The molecule has 0 saturated carbocycles. The lowest BCUT2D eigenvalue weighted by Crippen LogP contribution is -2.51. The van der Waals surface area contributed by atoms with Crippen LogP contribution in [0.25, 0.3) is 10.9 Å². The average Bonchev–Trinajstić information content (AvgIpc) is 3.22. The van der Waals surface area contributed by atoms with Crippen molar-refractivity contribution in [3.8, 4) is 5.75 Å². The molecular weight excluding hydrogens is 392 g/mol. The van der Waals surface area contributed by atoms with Crippen molar-refractivity contribution in [3.05, 3.63) is 53.5 Å². The standard InChI is InChI=1S/C24H28N4O3/c29-22-15-28(24(30)10-9-20-18-5-1-2-6-19(18)26-27-20)13-11-23(22)31-17-8-7-16-4-3-12-25-21(16)14-17/h3-4,7-8,12,14,22-23,29H,1-2,5-6,9-11,13,15H2,(H,26,27)/t22-,23-/m1/s1. The first kappa shape index (κ1) is 20.0. The Morgan fingerprint density at radius 2 is 2.16 bits per heavy atom. The van der Waals surface area contributed by atoms with E-state index in [9.17, 15) is 9.90 Å². The molecule has 1 aliphatic heterocycles. The van der Waals surface area contributed by atoms with Gasteiger partial charge in [0, 0.05) is 49.2 Å². The van der Waals surface area contributed by atoms with Crippen LogP contribution in [0.2, 0.25) is 0 Å². The van der Waals surface area contributed by atoms with Gasteiger partial charge in [-0.25, -0.2) is 0 Å². The van der Waals surface area contributed by atoms with Crippen LogP contribution in [0.4, 0.5) is 0 Å². The zero-order chi connectivity index (χ0) is 21.2. The van der Waals surface area contributed by atoms with Gasteiger partial charge in [0.1, 0.15) is 18.0 Å². The van der Waals surface area contributed by atoms with Crippen LogP contribution in [0.1, 0.15) is 42.6 Å². The first-order valence-electron chi connectivity index (χ1n) is 11.2. The van der Waals surface area contributed by atoms with Crippen LogP contribution >= 0.6 is 0 Å². The molecule has 1 saturated heterocycles. The Kier molecular flexibility index (Phi) is 5.59. The number of aromatic amines is 1. The van der Waals surface area contributed by atoms with Gasteiger partial charge in [-0.05, 0) is 49.4 Å². The molecule has 1 aromatic carbocycles. The average molecular weight is 421 g/mol. The quantitative estimate of drug-likeness (QED) is 0.662. The number of carbonyl (C=O) groups excluding carboxylic acids is 1. The highest BCUT2D eigenvalue weighted by Crippen LogP contribution is 2.25. The number of aliphatic hydroxyl groups excluding tert-OH is 1. The lowest BCUT2D eigenvalue weighted by atomic mass is 9.94. The summed E-state index contributed by atoms with van der Waals surface area (Å²) in [5.41, 5.74) is 4.46. The molecule has 1 aliphatic carbocycles. The first-order chi connectivity index (χ1) is 15.2. The second-order valence-corrected chi connectivity index (χ2v) is 8.54. The van der Waals surface area contributed by atoms with Crippen molar-refractivity contribution in [1.82, 2.24) is 20.1 Å². The number of benzene rings is 1. The number of hydrogen-bond donors (Lipinski definition) is 2. The molecule has 2 aromatic heterocycles. The smallest absolute Gasteiger partial charge is 0.223 e. The van der Waals surface area contributed by atoms with E-state index in [1.165, 1.54) is 24.1 Å². The van der Waals surface area contributed by atoms with Gasteiger partial charge in [-0.3, -0.25) is 14.9 Å². The lowest BCUT2D eigenvalue weighted by Gasteiger charge is -2.36. The van der Waals surface area contributed by atoms with Crippen LogP contribution in [0.3, 0.4) is 0 Å². The van der Waals surface area contributed by atoms with Crippen LogP contribution < -0.4 is 4.74 Å². The third-order valence-electron chi connectivity index (χ3n) is 6.46. The number of piperidine rings is 1. The van der Waals surface area contributed by atoms with E-state index >= 15 is 0 Å². The Morgan fingerprint density at radius 1 is 1.26 bits per heavy atom. The largest absolute Gasteiger partial charge is 0.488 e. The number of pyridine rings is 1. The second-order valence-electron chi connectivity index (χ2n) is 8.54. The van der Waals surface area contributed by atoms with Gasteiger partial charge < -0.3 is 14.7 Å². The maximum atomic E-state index is 12.7. The number of hydrogen-bond acceptors (Lipinski definition) is 5. The van der Waals surface area contributed by atoms with Crippen molar-refractivity contribution < 1.29 is 14.6 Å². The minimum atomic E-state index is -0.713. The van der Waals surface area contributed by atoms with Crippen molar-refractivity contribution in [2.45, 2.75) is 57.2 Å². The summed E-state index contributed by atoms with van der Waals surface area (Å²) in [6, 6.07) is 9.67. The minimum Gasteiger partial charge on any atom is -0.488 e. The molecule has 5 rings (SSSR count). The number of fused-ring (bicyclic) bond motifs is 2. The van der Waals surface area contributed by atoms with Crippen LogP contribution in [-0.4, -0.2) is 56.4 Å². The number of nitrogens with one attached hydrogen (secondary N) is 1. The summed E-state index contributed by atoms with van der Waals surface area (Å²) in [5, 5.41) is 19.3. The fraction of sp³-hybridized carbons (Fsp3) is 0.458. The number of aryl methyl sites for hydroxylation is 2. The third-order valence-corrected chi connectivity index (χ3v) is 6.46. The van der Waals surface area contributed by atoms with Crippen LogP contribution in [0, 0.1) is 0 Å². The summed E-state index contributed by atoms with van der Waals surface area (Å²) < 4.78 is 6.04. The molecule has 162 valence electrons. The molecule has 31 heavy (non-hydrogen) atoms. The number of β-amino-alcohol motifs (C(OH)–C–C–N with tert-alkyl or cyclic N) is 1. The summed E-state index contributed by atoms with van der Waals surface area (Å²) in [6.07, 6.45) is 6.91. The molecular formula is C24H28N4O3. The van der Waals surface area contributed by atoms with Gasteiger partial charge in [0.2, 0.25) is 5.91 Å². The van der Waals surface area contributed by atoms with Gasteiger partial charge in [0.15, 0.2) is 0 Å². The van der Waals surface area contributed by atoms with E-state index in [4.69, 9.17) is 4.74 Å². The number of carbonyl (C=O) groups is 1. The van der Waals surface area contributed by atoms with E-state index in [-0.39, 0.29) is 12.0 Å². The van der Waals surface area contributed by atoms with Gasteiger partial charge in [-0.2, -0.15) is 5.10 Å². The SMILES string of the molecule is O=C(CCc1n[nH]c2c1CCCC2)N1CC[C@@H](Oc2ccc3cccnc3c2)[C@H](O)C1. The van der Waals surface area contributed by atoms with Gasteiger partial charge in [-0.1, -0.05) is 6.07 Å². The Labute approximate surface area is 181 Å².